The lowest BCUT2D eigenvalue weighted by Gasteiger charge is -2.30. The SMILES string of the molecule is CSCC(C)CNC1=NCCN(C(=O)OC(C)(C)C)C1. The van der Waals surface area contributed by atoms with Crippen LogP contribution in [0.15, 0.2) is 4.99 Å². The predicted octanol–water partition coefficient (Wildman–Crippen LogP) is 2.22. The Morgan fingerprint density at radius 3 is 2.85 bits per heavy atom. The molecule has 0 spiro atoms. The third kappa shape index (κ3) is 6.50. The molecule has 1 aliphatic rings. The number of thioether (sulfide) groups is 1. The monoisotopic (exact) mass is 301 g/mol. The van der Waals surface area contributed by atoms with Crippen molar-refractivity contribution in [3.8, 4) is 0 Å². The fourth-order valence-corrected chi connectivity index (χ4v) is 2.53. The normalized spacial score (nSPS) is 17.4. The minimum atomic E-state index is -0.452. The van der Waals surface area contributed by atoms with Crippen LogP contribution in [-0.2, 0) is 4.74 Å². The van der Waals surface area contributed by atoms with Gasteiger partial charge in [0.25, 0.3) is 0 Å². The van der Waals surface area contributed by atoms with Gasteiger partial charge < -0.3 is 10.1 Å². The molecule has 0 aromatic rings. The van der Waals surface area contributed by atoms with Crippen molar-refractivity contribution in [2.24, 2.45) is 10.9 Å². The molecule has 1 heterocycles. The molecule has 1 aliphatic heterocycles. The van der Waals surface area contributed by atoms with Gasteiger partial charge in [0, 0.05) is 13.1 Å². The fraction of sp³-hybridized carbons (Fsp3) is 0.857. The summed E-state index contributed by atoms with van der Waals surface area (Å²) in [6.07, 6.45) is 1.85. The van der Waals surface area contributed by atoms with Crippen molar-refractivity contribution in [2.75, 3.05) is 38.2 Å². The zero-order valence-corrected chi connectivity index (χ0v) is 14.0. The van der Waals surface area contributed by atoms with Crippen LogP contribution in [-0.4, -0.2) is 60.6 Å². The summed E-state index contributed by atoms with van der Waals surface area (Å²) in [5.41, 5.74) is -0.452. The van der Waals surface area contributed by atoms with Crippen LogP contribution < -0.4 is 5.32 Å². The van der Waals surface area contributed by atoms with E-state index in [1.54, 1.807) is 4.90 Å². The summed E-state index contributed by atoms with van der Waals surface area (Å²) in [5, 5.41) is 3.34. The molecule has 0 aromatic carbocycles. The summed E-state index contributed by atoms with van der Waals surface area (Å²) in [4.78, 5) is 18.2. The summed E-state index contributed by atoms with van der Waals surface area (Å²) in [5.74, 6) is 2.59. The number of carbonyl (C=O) groups is 1. The minimum Gasteiger partial charge on any atom is -0.444 e. The maximum absolute atomic E-state index is 12.0. The van der Waals surface area contributed by atoms with E-state index in [0.717, 1.165) is 18.1 Å². The molecule has 0 saturated carbocycles. The number of amidine groups is 1. The number of nitrogens with one attached hydrogen (secondary N) is 1. The summed E-state index contributed by atoms with van der Waals surface area (Å²) >= 11 is 1.84. The van der Waals surface area contributed by atoms with E-state index in [9.17, 15) is 4.79 Å². The number of ether oxygens (including phenoxy) is 1. The molecule has 1 unspecified atom stereocenters. The third-order valence-corrected chi connectivity index (χ3v) is 3.67. The van der Waals surface area contributed by atoms with E-state index < -0.39 is 5.60 Å². The summed E-state index contributed by atoms with van der Waals surface area (Å²) < 4.78 is 5.39. The standard InChI is InChI=1S/C14H27N3O2S/c1-11(10-20-5)8-16-12-9-17(7-6-15-12)13(18)19-14(2,3)4/h11H,6-10H2,1-5H3,(H,15,16). The number of nitrogens with zero attached hydrogens (tertiary/aromatic N) is 2. The van der Waals surface area contributed by atoms with Crippen LogP contribution in [0.2, 0.25) is 0 Å². The van der Waals surface area contributed by atoms with Crippen LogP contribution >= 0.6 is 11.8 Å². The average molecular weight is 301 g/mol. The fourth-order valence-electron chi connectivity index (χ4n) is 1.85. The van der Waals surface area contributed by atoms with E-state index in [1.807, 2.05) is 32.5 Å². The molecule has 0 radical (unpaired) electrons. The average Bonchev–Trinajstić information content (AvgIpc) is 2.35. The molecular formula is C14H27N3O2S. The maximum atomic E-state index is 12.0. The summed E-state index contributed by atoms with van der Waals surface area (Å²) in [6, 6.07) is 0. The number of aliphatic imine (C=N–C) groups is 1. The highest BCUT2D eigenvalue weighted by Gasteiger charge is 2.24. The summed E-state index contributed by atoms with van der Waals surface area (Å²) in [6.45, 7) is 10.5. The first-order valence-electron chi connectivity index (χ1n) is 7.06. The van der Waals surface area contributed by atoms with Gasteiger partial charge in [-0.2, -0.15) is 11.8 Å². The van der Waals surface area contributed by atoms with Crippen LogP contribution in [0.4, 0.5) is 4.79 Å². The van der Waals surface area contributed by atoms with E-state index in [1.165, 1.54) is 0 Å². The molecule has 6 heteroatoms. The van der Waals surface area contributed by atoms with Crippen LogP contribution in [0.5, 0.6) is 0 Å². The first kappa shape index (κ1) is 17.1. The molecule has 1 N–H and O–H groups in total. The number of hydrogen-bond donors (Lipinski definition) is 1. The van der Waals surface area contributed by atoms with E-state index in [2.05, 4.69) is 23.5 Å². The van der Waals surface area contributed by atoms with Gasteiger partial charge in [-0.3, -0.25) is 9.89 Å². The molecular weight excluding hydrogens is 274 g/mol. The first-order chi connectivity index (χ1) is 9.31. The van der Waals surface area contributed by atoms with Crippen molar-refractivity contribution in [3.63, 3.8) is 0 Å². The number of hydrogen-bond acceptors (Lipinski definition) is 5. The summed E-state index contributed by atoms with van der Waals surface area (Å²) in [7, 11) is 0. The van der Waals surface area contributed by atoms with Crippen LogP contribution in [0, 0.1) is 5.92 Å². The van der Waals surface area contributed by atoms with Gasteiger partial charge in [-0.25, -0.2) is 4.79 Å². The second-order valence-corrected chi connectivity index (χ2v) is 7.08. The topological polar surface area (TPSA) is 53.9 Å². The van der Waals surface area contributed by atoms with Gasteiger partial charge >= 0.3 is 6.09 Å². The van der Waals surface area contributed by atoms with Crippen molar-refractivity contribution in [1.82, 2.24) is 10.2 Å². The molecule has 20 heavy (non-hydrogen) atoms. The highest BCUT2D eigenvalue weighted by molar-refractivity contribution is 7.98. The Kier molecular flexibility index (Phi) is 6.65. The smallest absolute Gasteiger partial charge is 0.410 e. The molecule has 116 valence electrons. The van der Waals surface area contributed by atoms with Gasteiger partial charge in [0.2, 0.25) is 0 Å². The zero-order chi connectivity index (χ0) is 15.2. The molecule has 0 bridgehead atoms. The minimum absolute atomic E-state index is 0.260. The van der Waals surface area contributed by atoms with Crippen molar-refractivity contribution in [3.05, 3.63) is 0 Å². The first-order valence-corrected chi connectivity index (χ1v) is 8.45. The lowest BCUT2D eigenvalue weighted by Crippen LogP contribution is -2.47. The number of amides is 1. The molecule has 0 fully saturated rings. The molecule has 0 aromatic heterocycles. The molecule has 0 saturated heterocycles. The Morgan fingerprint density at radius 2 is 2.25 bits per heavy atom. The molecule has 1 rings (SSSR count). The Morgan fingerprint density at radius 1 is 1.55 bits per heavy atom. The Hall–Kier alpha value is -0.910. The molecule has 0 aliphatic carbocycles. The van der Waals surface area contributed by atoms with E-state index in [4.69, 9.17) is 4.74 Å². The van der Waals surface area contributed by atoms with E-state index >= 15 is 0 Å². The van der Waals surface area contributed by atoms with E-state index in [-0.39, 0.29) is 6.09 Å². The maximum Gasteiger partial charge on any atom is 0.410 e. The van der Waals surface area contributed by atoms with Crippen LogP contribution in [0.25, 0.3) is 0 Å². The third-order valence-electron chi connectivity index (χ3n) is 2.77. The van der Waals surface area contributed by atoms with Gasteiger partial charge in [0.05, 0.1) is 13.1 Å². The van der Waals surface area contributed by atoms with Crippen molar-refractivity contribution >= 4 is 23.7 Å². The Balaban J connectivity index is 2.42. The predicted molar refractivity (Wildman–Crippen MR) is 85.7 cm³/mol. The van der Waals surface area contributed by atoms with Gasteiger partial charge in [-0.15, -0.1) is 0 Å². The van der Waals surface area contributed by atoms with Crippen LogP contribution in [0.1, 0.15) is 27.7 Å². The van der Waals surface area contributed by atoms with Gasteiger partial charge in [-0.05, 0) is 38.7 Å². The van der Waals surface area contributed by atoms with Gasteiger partial charge in [-0.1, -0.05) is 6.92 Å². The lowest BCUT2D eigenvalue weighted by atomic mass is 10.2. The highest BCUT2D eigenvalue weighted by atomic mass is 32.2. The zero-order valence-electron chi connectivity index (χ0n) is 13.2. The molecule has 1 atom stereocenters. The van der Waals surface area contributed by atoms with Gasteiger partial charge in [0.1, 0.15) is 11.4 Å². The van der Waals surface area contributed by atoms with E-state index in [0.29, 0.717) is 25.6 Å². The molecule has 1 amide bonds. The number of rotatable bonds is 4. The largest absolute Gasteiger partial charge is 0.444 e. The lowest BCUT2D eigenvalue weighted by molar-refractivity contribution is 0.0276. The second kappa shape index (κ2) is 7.76. The Labute approximate surface area is 126 Å². The molecule has 5 nitrogen and oxygen atoms in total. The van der Waals surface area contributed by atoms with Crippen molar-refractivity contribution in [1.29, 1.82) is 0 Å². The number of carbonyl (C=O) groups excluding carboxylic acids is 1. The van der Waals surface area contributed by atoms with Gasteiger partial charge in [0.15, 0.2) is 0 Å². The van der Waals surface area contributed by atoms with Crippen molar-refractivity contribution < 1.29 is 9.53 Å². The van der Waals surface area contributed by atoms with Crippen molar-refractivity contribution in [2.45, 2.75) is 33.3 Å². The highest BCUT2D eigenvalue weighted by Crippen LogP contribution is 2.11. The van der Waals surface area contributed by atoms with Crippen LogP contribution in [0.3, 0.4) is 0 Å². The quantitative estimate of drug-likeness (QED) is 0.865. The second-order valence-electron chi connectivity index (χ2n) is 6.17. The Bertz CT molecular complexity index is 353.